The van der Waals surface area contributed by atoms with Crippen LogP contribution in [0.2, 0.25) is 0 Å². The van der Waals surface area contributed by atoms with E-state index in [1.54, 1.807) is 24.5 Å². The third-order valence-corrected chi connectivity index (χ3v) is 2.84. The summed E-state index contributed by atoms with van der Waals surface area (Å²) in [6.45, 7) is 0. The minimum Gasteiger partial charge on any atom is -0.497 e. The Kier molecular flexibility index (Phi) is 2.83. The van der Waals surface area contributed by atoms with Gasteiger partial charge in [0.1, 0.15) is 12.0 Å². The van der Waals surface area contributed by atoms with E-state index >= 15 is 0 Å². The van der Waals surface area contributed by atoms with Crippen LogP contribution in [0.3, 0.4) is 0 Å². The lowest BCUT2D eigenvalue weighted by molar-refractivity contribution is 0.112. The van der Waals surface area contributed by atoms with Crippen LogP contribution in [-0.4, -0.2) is 13.4 Å². The quantitative estimate of drug-likeness (QED) is 0.739. The summed E-state index contributed by atoms with van der Waals surface area (Å²) in [5.41, 5.74) is 2.76. The Morgan fingerprint density at radius 3 is 2.73 bits per heavy atom. The van der Waals surface area contributed by atoms with Crippen LogP contribution in [0.5, 0.6) is 5.75 Å². The van der Waals surface area contributed by atoms with E-state index in [-0.39, 0.29) is 0 Å². The van der Waals surface area contributed by atoms with Crippen molar-refractivity contribution >= 4 is 17.6 Å². The number of methoxy groups -OCH3 is 1. The summed E-state index contributed by atoms with van der Waals surface area (Å²) >= 11 is 1.63. The molecule has 0 radical (unpaired) electrons. The van der Waals surface area contributed by atoms with E-state index in [0.717, 1.165) is 17.4 Å². The maximum Gasteiger partial charge on any atom is 0.150 e. The molecule has 0 unspecified atom stereocenters. The van der Waals surface area contributed by atoms with Crippen molar-refractivity contribution in [2.24, 2.45) is 0 Å². The number of benzene rings is 1. The highest BCUT2D eigenvalue weighted by molar-refractivity contribution is 7.08. The molecule has 1 aromatic heterocycles. The second-order valence-corrected chi connectivity index (χ2v) is 3.90. The molecule has 0 N–H and O–H groups in total. The van der Waals surface area contributed by atoms with Gasteiger partial charge in [0.05, 0.1) is 7.11 Å². The van der Waals surface area contributed by atoms with Gasteiger partial charge in [0.15, 0.2) is 0 Å². The lowest BCUT2D eigenvalue weighted by Gasteiger charge is -2.04. The zero-order chi connectivity index (χ0) is 10.7. The molecule has 0 fully saturated rings. The number of thiophene rings is 1. The highest BCUT2D eigenvalue weighted by Crippen LogP contribution is 2.27. The Morgan fingerprint density at radius 1 is 1.27 bits per heavy atom. The average molecular weight is 218 g/mol. The molecule has 2 aromatic rings. The van der Waals surface area contributed by atoms with Gasteiger partial charge in [-0.3, -0.25) is 4.79 Å². The average Bonchev–Trinajstić information content (AvgIpc) is 2.81. The monoisotopic (exact) mass is 218 g/mol. The molecule has 3 heteroatoms. The molecule has 76 valence electrons. The zero-order valence-electron chi connectivity index (χ0n) is 8.27. The first-order valence-electron chi connectivity index (χ1n) is 4.50. The molecule has 0 atom stereocenters. The molecule has 0 aliphatic carbocycles. The summed E-state index contributed by atoms with van der Waals surface area (Å²) in [5, 5.41) is 4.05. The first-order valence-corrected chi connectivity index (χ1v) is 5.44. The van der Waals surface area contributed by atoms with Crippen LogP contribution in [0, 0.1) is 0 Å². The molecular weight excluding hydrogens is 208 g/mol. The standard InChI is InChI=1S/C12H10O2S/c1-14-12-5-9(7-13)4-11(6-12)10-2-3-15-8-10/h2-8H,1H3. The maximum atomic E-state index is 10.7. The van der Waals surface area contributed by atoms with Crippen molar-refractivity contribution in [3.63, 3.8) is 0 Å². The second-order valence-electron chi connectivity index (χ2n) is 3.12. The van der Waals surface area contributed by atoms with Gasteiger partial charge in [-0.1, -0.05) is 0 Å². The van der Waals surface area contributed by atoms with Crippen LogP contribution in [0.1, 0.15) is 10.4 Å². The topological polar surface area (TPSA) is 26.3 Å². The number of aldehydes is 1. The molecule has 2 rings (SSSR count). The molecule has 2 nitrogen and oxygen atoms in total. The Balaban J connectivity index is 2.52. The van der Waals surface area contributed by atoms with E-state index < -0.39 is 0 Å². The van der Waals surface area contributed by atoms with Crippen LogP contribution >= 0.6 is 11.3 Å². The number of rotatable bonds is 3. The van der Waals surface area contributed by atoms with Gasteiger partial charge >= 0.3 is 0 Å². The van der Waals surface area contributed by atoms with Gasteiger partial charge in [0.2, 0.25) is 0 Å². The normalized spacial score (nSPS) is 9.93. The number of ether oxygens (including phenoxy) is 1. The molecule has 0 aliphatic rings. The van der Waals surface area contributed by atoms with E-state index in [0.29, 0.717) is 11.3 Å². The van der Waals surface area contributed by atoms with Crippen LogP contribution in [0.25, 0.3) is 11.1 Å². The number of hydrogen-bond donors (Lipinski definition) is 0. The van der Waals surface area contributed by atoms with Crippen molar-refractivity contribution < 1.29 is 9.53 Å². The van der Waals surface area contributed by atoms with Gasteiger partial charge in [-0.05, 0) is 46.2 Å². The Bertz CT molecular complexity index is 460. The van der Waals surface area contributed by atoms with Crippen molar-refractivity contribution in [3.05, 3.63) is 40.6 Å². The van der Waals surface area contributed by atoms with Crippen LogP contribution in [0.15, 0.2) is 35.0 Å². The molecule has 1 heterocycles. The Morgan fingerprint density at radius 2 is 2.13 bits per heavy atom. The molecule has 0 bridgehead atoms. The highest BCUT2D eigenvalue weighted by Gasteiger charge is 2.03. The Hall–Kier alpha value is -1.61. The van der Waals surface area contributed by atoms with E-state index in [9.17, 15) is 4.79 Å². The van der Waals surface area contributed by atoms with Crippen molar-refractivity contribution in [2.45, 2.75) is 0 Å². The van der Waals surface area contributed by atoms with E-state index in [4.69, 9.17) is 4.74 Å². The lowest BCUT2D eigenvalue weighted by atomic mass is 10.1. The summed E-state index contributed by atoms with van der Waals surface area (Å²) in [7, 11) is 1.60. The summed E-state index contributed by atoms with van der Waals surface area (Å²) in [4.78, 5) is 10.7. The van der Waals surface area contributed by atoms with Crippen LogP contribution in [0.4, 0.5) is 0 Å². The molecule has 1 aromatic carbocycles. The molecular formula is C12H10O2S. The predicted octanol–water partition coefficient (Wildman–Crippen LogP) is 3.24. The van der Waals surface area contributed by atoms with E-state index in [1.807, 2.05) is 29.0 Å². The largest absolute Gasteiger partial charge is 0.497 e. The summed E-state index contributed by atoms with van der Waals surface area (Å²) in [6, 6.07) is 7.53. The fourth-order valence-electron chi connectivity index (χ4n) is 1.40. The van der Waals surface area contributed by atoms with Gasteiger partial charge in [-0.25, -0.2) is 0 Å². The predicted molar refractivity (Wildman–Crippen MR) is 61.7 cm³/mol. The first-order chi connectivity index (χ1) is 7.33. The highest BCUT2D eigenvalue weighted by atomic mass is 32.1. The lowest BCUT2D eigenvalue weighted by Crippen LogP contribution is -1.87. The summed E-state index contributed by atoms with van der Waals surface area (Å²) in [6.07, 6.45) is 0.832. The molecule has 0 spiro atoms. The van der Waals surface area contributed by atoms with Crippen molar-refractivity contribution in [1.82, 2.24) is 0 Å². The van der Waals surface area contributed by atoms with Crippen molar-refractivity contribution in [2.75, 3.05) is 7.11 Å². The molecule has 0 saturated heterocycles. The molecule has 0 saturated carbocycles. The van der Waals surface area contributed by atoms with Gasteiger partial charge in [0.25, 0.3) is 0 Å². The third kappa shape index (κ3) is 2.07. The fraction of sp³-hybridized carbons (Fsp3) is 0.0833. The van der Waals surface area contributed by atoms with E-state index in [1.165, 1.54) is 0 Å². The minimum absolute atomic E-state index is 0.635. The van der Waals surface area contributed by atoms with Gasteiger partial charge in [-0.2, -0.15) is 11.3 Å². The SMILES string of the molecule is COc1cc(C=O)cc(-c2ccsc2)c1. The number of carbonyl (C=O) groups excluding carboxylic acids is 1. The zero-order valence-corrected chi connectivity index (χ0v) is 9.08. The second kappa shape index (κ2) is 4.28. The van der Waals surface area contributed by atoms with Gasteiger partial charge in [0, 0.05) is 5.56 Å². The maximum absolute atomic E-state index is 10.7. The summed E-state index contributed by atoms with van der Waals surface area (Å²) in [5.74, 6) is 0.709. The Labute approximate surface area is 92.1 Å². The van der Waals surface area contributed by atoms with Crippen molar-refractivity contribution in [3.8, 4) is 16.9 Å². The third-order valence-electron chi connectivity index (χ3n) is 2.16. The van der Waals surface area contributed by atoms with E-state index in [2.05, 4.69) is 0 Å². The number of hydrogen-bond acceptors (Lipinski definition) is 3. The first kappa shape index (κ1) is 9.93. The smallest absolute Gasteiger partial charge is 0.150 e. The molecule has 0 aliphatic heterocycles. The minimum atomic E-state index is 0.635. The summed E-state index contributed by atoms with van der Waals surface area (Å²) < 4.78 is 5.14. The van der Waals surface area contributed by atoms with Crippen LogP contribution in [-0.2, 0) is 0 Å². The van der Waals surface area contributed by atoms with Gasteiger partial charge < -0.3 is 4.74 Å². The fourth-order valence-corrected chi connectivity index (χ4v) is 2.07. The molecule has 0 amide bonds. The van der Waals surface area contributed by atoms with Crippen molar-refractivity contribution in [1.29, 1.82) is 0 Å². The molecule has 15 heavy (non-hydrogen) atoms. The number of carbonyl (C=O) groups is 1. The van der Waals surface area contributed by atoms with Gasteiger partial charge in [-0.15, -0.1) is 0 Å². The van der Waals surface area contributed by atoms with Crippen LogP contribution < -0.4 is 4.74 Å².